The van der Waals surface area contributed by atoms with Crippen LogP contribution in [-0.4, -0.2) is 33.5 Å². The summed E-state index contributed by atoms with van der Waals surface area (Å²) in [5.74, 6) is 0.483. The van der Waals surface area contributed by atoms with E-state index in [1.165, 1.54) is 12.1 Å². The van der Waals surface area contributed by atoms with Gasteiger partial charge in [-0.2, -0.15) is 5.26 Å². The number of aryl methyl sites for hydroxylation is 1. The van der Waals surface area contributed by atoms with Crippen LogP contribution in [0.15, 0.2) is 55.0 Å². The van der Waals surface area contributed by atoms with E-state index < -0.39 is 0 Å². The number of nitriles is 1. The molecule has 0 unspecified atom stereocenters. The van der Waals surface area contributed by atoms with E-state index in [1.807, 2.05) is 41.7 Å². The van der Waals surface area contributed by atoms with Gasteiger partial charge in [0, 0.05) is 42.9 Å². The highest BCUT2D eigenvalue weighted by atomic mass is 19.1. The van der Waals surface area contributed by atoms with E-state index in [0.717, 1.165) is 36.1 Å². The van der Waals surface area contributed by atoms with Crippen LogP contribution in [0, 0.1) is 23.1 Å². The predicted octanol–water partition coefficient (Wildman–Crippen LogP) is 4.25. The molecule has 2 aromatic carbocycles. The van der Waals surface area contributed by atoms with Gasteiger partial charge in [-0.05, 0) is 55.2 Å². The summed E-state index contributed by atoms with van der Waals surface area (Å²) in [6, 6.07) is 14.1. The molecule has 1 fully saturated rings. The Balaban J connectivity index is 1.23. The quantitative estimate of drug-likeness (QED) is 0.570. The van der Waals surface area contributed by atoms with Crippen LogP contribution in [-0.2, 0) is 17.8 Å². The highest BCUT2D eigenvalue weighted by molar-refractivity contribution is 5.81. The van der Waals surface area contributed by atoms with Gasteiger partial charge < -0.3 is 14.2 Å². The lowest BCUT2D eigenvalue weighted by molar-refractivity contribution is -0.133. The van der Waals surface area contributed by atoms with Crippen LogP contribution in [0.4, 0.5) is 4.39 Å². The maximum atomic E-state index is 13.9. The van der Waals surface area contributed by atoms with E-state index in [2.05, 4.69) is 15.6 Å². The number of halogens is 1. The number of carbonyl (C=O) groups excluding carboxylic acids is 1. The minimum atomic E-state index is -0.303. The van der Waals surface area contributed by atoms with Crippen LogP contribution in [0.25, 0.3) is 0 Å². The average molecular weight is 445 g/mol. The van der Waals surface area contributed by atoms with Gasteiger partial charge in [0.15, 0.2) is 0 Å². The number of benzene rings is 2. The molecule has 0 radical (unpaired) electrons. The maximum absolute atomic E-state index is 13.9. The van der Waals surface area contributed by atoms with Gasteiger partial charge in [0.05, 0.1) is 30.6 Å². The summed E-state index contributed by atoms with van der Waals surface area (Å²) >= 11 is 0. The molecular weight excluding hydrogens is 419 g/mol. The normalized spacial score (nSPS) is 19.8. The molecule has 3 heterocycles. The van der Waals surface area contributed by atoms with Crippen LogP contribution < -0.4 is 4.74 Å². The Bertz CT molecular complexity index is 1200. The Morgan fingerprint density at radius 3 is 2.85 bits per heavy atom. The number of carbonyl (C=O) groups is 1. The van der Waals surface area contributed by atoms with E-state index in [4.69, 9.17) is 10.00 Å². The average Bonchev–Trinajstić information content (AvgIpc) is 3.43. The van der Waals surface area contributed by atoms with Crippen LogP contribution in [0.1, 0.15) is 47.7 Å². The summed E-state index contributed by atoms with van der Waals surface area (Å²) < 4.78 is 21.6. The Labute approximate surface area is 192 Å². The number of hydrogen-bond donors (Lipinski definition) is 0. The molecule has 2 atom stereocenters. The van der Waals surface area contributed by atoms with Crippen molar-refractivity contribution in [2.45, 2.75) is 38.3 Å². The third kappa shape index (κ3) is 4.34. The predicted molar refractivity (Wildman–Crippen MR) is 120 cm³/mol. The van der Waals surface area contributed by atoms with Gasteiger partial charge in [-0.15, -0.1) is 0 Å². The van der Waals surface area contributed by atoms with E-state index >= 15 is 0 Å². The van der Waals surface area contributed by atoms with Crippen molar-refractivity contribution in [1.82, 2.24) is 14.5 Å². The second kappa shape index (κ2) is 9.07. The lowest BCUT2D eigenvalue weighted by atomic mass is 9.98. The fourth-order valence-electron chi connectivity index (χ4n) is 4.91. The molecule has 168 valence electrons. The van der Waals surface area contributed by atoms with Gasteiger partial charge in [0.25, 0.3) is 0 Å². The molecule has 0 N–H and O–H groups in total. The zero-order chi connectivity index (χ0) is 22.8. The Morgan fingerprint density at radius 1 is 1.18 bits per heavy atom. The van der Waals surface area contributed by atoms with E-state index in [-0.39, 0.29) is 23.7 Å². The molecule has 1 amide bonds. The third-order valence-corrected chi connectivity index (χ3v) is 6.69. The van der Waals surface area contributed by atoms with E-state index in [9.17, 15) is 9.18 Å². The standard InChI is InChI=1S/C26H25FN4O2/c27-21-6-8-25-23(13-21)24(10-12-33-25)31-11-9-20(26(31)32)5-7-22-15-29-17-30(22)16-19-3-1-18(14-28)2-4-19/h1-4,6,8,13,15,17,20,24H,5,7,9-12,16H2/t20-,24-/m1/s1. The number of imidazole rings is 1. The minimum Gasteiger partial charge on any atom is -0.493 e. The summed E-state index contributed by atoms with van der Waals surface area (Å²) in [5.41, 5.74) is 3.60. The minimum absolute atomic E-state index is 0.0388. The third-order valence-electron chi connectivity index (χ3n) is 6.69. The Kier molecular flexibility index (Phi) is 5.82. The van der Waals surface area contributed by atoms with Gasteiger partial charge >= 0.3 is 0 Å². The van der Waals surface area contributed by atoms with Crippen molar-refractivity contribution in [3.05, 3.63) is 83.2 Å². The lowest BCUT2D eigenvalue weighted by Crippen LogP contribution is -2.35. The fourth-order valence-corrected chi connectivity index (χ4v) is 4.91. The number of hydrogen-bond acceptors (Lipinski definition) is 4. The topological polar surface area (TPSA) is 71.2 Å². The first-order valence-electron chi connectivity index (χ1n) is 11.3. The molecule has 33 heavy (non-hydrogen) atoms. The van der Waals surface area contributed by atoms with E-state index in [0.29, 0.717) is 37.4 Å². The first-order chi connectivity index (χ1) is 16.1. The van der Waals surface area contributed by atoms with Crippen LogP contribution in [0.5, 0.6) is 5.75 Å². The van der Waals surface area contributed by atoms with Gasteiger partial charge in [-0.1, -0.05) is 12.1 Å². The van der Waals surface area contributed by atoms with Gasteiger partial charge in [0.2, 0.25) is 5.91 Å². The largest absolute Gasteiger partial charge is 0.493 e. The summed E-state index contributed by atoms with van der Waals surface area (Å²) in [6.07, 6.45) is 6.69. The summed E-state index contributed by atoms with van der Waals surface area (Å²) in [6.45, 7) is 1.90. The molecule has 0 saturated carbocycles. The zero-order valence-corrected chi connectivity index (χ0v) is 18.3. The van der Waals surface area contributed by atoms with Crippen molar-refractivity contribution in [3.63, 3.8) is 0 Å². The van der Waals surface area contributed by atoms with Crippen LogP contribution >= 0.6 is 0 Å². The highest BCUT2D eigenvalue weighted by Gasteiger charge is 2.38. The van der Waals surface area contributed by atoms with Gasteiger partial charge in [-0.25, -0.2) is 9.37 Å². The van der Waals surface area contributed by atoms with E-state index in [1.54, 1.807) is 6.07 Å². The van der Waals surface area contributed by atoms with Crippen molar-refractivity contribution < 1.29 is 13.9 Å². The first kappa shape index (κ1) is 21.2. The number of amides is 1. The highest BCUT2D eigenvalue weighted by Crippen LogP contribution is 2.40. The summed E-state index contributed by atoms with van der Waals surface area (Å²) in [5, 5.41) is 8.97. The summed E-state index contributed by atoms with van der Waals surface area (Å²) in [4.78, 5) is 19.5. The molecule has 2 aliphatic rings. The molecular formula is C26H25FN4O2. The number of aromatic nitrogens is 2. The molecule has 6 nitrogen and oxygen atoms in total. The monoisotopic (exact) mass is 444 g/mol. The van der Waals surface area contributed by atoms with Gasteiger partial charge in [0.1, 0.15) is 11.6 Å². The Morgan fingerprint density at radius 2 is 2.03 bits per heavy atom. The smallest absolute Gasteiger partial charge is 0.226 e. The summed E-state index contributed by atoms with van der Waals surface area (Å²) in [7, 11) is 0. The lowest BCUT2D eigenvalue weighted by Gasteiger charge is -2.33. The van der Waals surface area contributed by atoms with Crippen molar-refractivity contribution in [2.75, 3.05) is 13.2 Å². The SMILES string of the molecule is N#Cc1ccc(Cn2cncc2CC[C@@H]2CCN([C@@H]3CCOc4ccc(F)cc43)C2=O)cc1. The molecule has 7 heteroatoms. The number of nitrogens with zero attached hydrogens (tertiary/aromatic N) is 4. The number of fused-ring (bicyclic) bond motifs is 1. The van der Waals surface area contributed by atoms with Gasteiger partial charge in [-0.3, -0.25) is 4.79 Å². The number of ether oxygens (including phenoxy) is 1. The molecule has 0 bridgehead atoms. The Hall–Kier alpha value is -3.66. The second-order valence-corrected chi connectivity index (χ2v) is 8.71. The molecule has 5 rings (SSSR count). The van der Waals surface area contributed by atoms with Crippen molar-refractivity contribution >= 4 is 5.91 Å². The van der Waals surface area contributed by atoms with Crippen molar-refractivity contribution in [3.8, 4) is 11.8 Å². The number of likely N-dealkylation sites (tertiary alicyclic amines) is 1. The fraction of sp³-hybridized carbons (Fsp3) is 0.346. The van der Waals surface area contributed by atoms with Crippen molar-refractivity contribution in [2.24, 2.45) is 5.92 Å². The van der Waals surface area contributed by atoms with Crippen LogP contribution in [0.3, 0.4) is 0 Å². The maximum Gasteiger partial charge on any atom is 0.226 e. The first-order valence-corrected chi connectivity index (χ1v) is 11.3. The molecule has 0 spiro atoms. The van der Waals surface area contributed by atoms with Crippen molar-refractivity contribution in [1.29, 1.82) is 5.26 Å². The zero-order valence-electron chi connectivity index (χ0n) is 18.3. The molecule has 0 aliphatic carbocycles. The molecule has 3 aromatic rings. The molecule has 1 saturated heterocycles. The number of rotatable bonds is 6. The van der Waals surface area contributed by atoms with Crippen LogP contribution in [0.2, 0.25) is 0 Å². The molecule has 1 aromatic heterocycles. The molecule has 2 aliphatic heterocycles. The second-order valence-electron chi connectivity index (χ2n) is 8.71.